The minimum absolute atomic E-state index is 0.0159. The van der Waals surface area contributed by atoms with Crippen molar-refractivity contribution in [2.24, 2.45) is 0 Å². The molecule has 1 aliphatic rings. The lowest BCUT2D eigenvalue weighted by Crippen LogP contribution is -2.50. The summed E-state index contributed by atoms with van der Waals surface area (Å²) in [7, 11) is -4.08. The maximum Gasteiger partial charge on any atom is 0.267 e. The summed E-state index contributed by atoms with van der Waals surface area (Å²) in [6.45, 7) is 4.13. The Hall–Kier alpha value is -2.67. The highest BCUT2D eigenvalue weighted by atomic mass is 32.2. The molecule has 1 saturated heterocycles. The Bertz CT molecular complexity index is 943. The van der Waals surface area contributed by atoms with Crippen LogP contribution in [-0.4, -0.2) is 41.5 Å². The van der Waals surface area contributed by atoms with Crippen LogP contribution >= 0.6 is 0 Å². The lowest BCUT2D eigenvalue weighted by atomic mass is 10.1. The van der Waals surface area contributed by atoms with Gasteiger partial charge in [-0.15, -0.1) is 0 Å². The highest BCUT2D eigenvalue weighted by Gasteiger charge is 2.45. The van der Waals surface area contributed by atoms with Gasteiger partial charge in [-0.05, 0) is 38.0 Å². The summed E-state index contributed by atoms with van der Waals surface area (Å²) >= 11 is 0. The molecule has 28 heavy (non-hydrogen) atoms. The maximum atomic E-state index is 13.3. The second kappa shape index (κ2) is 8.14. The first-order chi connectivity index (χ1) is 13.3. The number of carbonyl (C=O) groups excluding carboxylic acids is 2. The molecular formula is C21H24N2O4S. The largest absolute Gasteiger partial charge is 0.334 e. The summed E-state index contributed by atoms with van der Waals surface area (Å²) in [6.07, 6.45) is 0.238. The highest BCUT2D eigenvalue weighted by molar-refractivity contribution is 7.89. The van der Waals surface area contributed by atoms with E-state index >= 15 is 0 Å². The maximum absolute atomic E-state index is 13.3. The van der Waals surface area contributed by atoms with Crippen molar-refractivity contribution in [2.75, 3.05) is 0 Å². The quantitative estimate of drug-likeness (QED) is 0.747. The molecule has 7 heteroatoms. The van der Waals surface area contributed by atoms with Crippen molar-refractivity contribution in [3.63, 3.8) is 0 Å². The first kappa shape index (κ1) is 20.1. The zero-order chi connectivity index (χ0) is 20.3. The molecular weight excluding hydrogens is 376 g/mol. The predicted molar refractivity (Wildman–Crippen MR) is 106 cm³/mol. The second-order valence-electron chi connectivity index (χ2n) is 7.11. The normalized spacial score (nSPS) is 17.2. The van der Waals surface area contributed by atoms with Crippen LogP contribution in [0, 0.1) is 0 Å². The molecule has 6 nitrogen and oxygen atoms in total. The molecule has 2 amide bonds. The fourth-order valence-corrected chi connectivity index (χ4v) is 5.00. The fraction of sp³-hybridized carbons (Fsp3) is 0.333. The molecule has 0 radical (unpaired) electrons. The van der Waals surface area contributed by atoms with Crippen LogP contribution < -0.4 is 0 Å². The van der Waals surface area contributed by atoms with Crippen molar-refractivity contribution in [3.05, 3.63) is 66.2 Å². The van der Waals surface area contributed by atoms with Crippen molar-refractivity contribution >= 4 is 21.8 Å². The van der Waals surface area contributed by atoms with E-state index in [0.717, 1.165) is 9.87 Å². The van der Waals surface area contributed by atoms with E-state index in [1.807, 2.05) is 44.2 Å². The summed E-state index contributed by atoms with van der Waals surface area (Å²) in [5, 5.41) is 0. The summed E-state index contributed by atoms with van der Waals surface area (Å²) in [6, 6.07) is 16.1. The Morgan fingerprint density at radius 2 is 1.64 bits per heavy atom. The third kappa shape index (κ3) is 3.94. The van der Waals surface area contributed by atoms with Gasteiger partial charge in [-0.3, -0.25) is 9.59 Å². The van der Waals surface area contributed by atoms with Crippen LogP contribution in [0.25, 0.3) is 0 Å². The molecule has 0 unspecified atom stereocenters. The number of benzene rings is 2. The predicted octanol–water partition coefficient (Wildman–Crippen LogP) is 2.80. The Morgan fingerprint density at radius 1 is 1.07 bits per heavy atom. The zero-order valence-corrected chi connectivity index (χ0v) is 16.8. The monoisotopic (exact) mass is 400 g/mol. The molecule has 1 fully saturated rings. The highest BCUT2D eigenvalue weighted by Crippen LogP contribution is 2.29. The first-order valence-electron chi connectivity index (χ1n) is 9.29. The average molecular weight is 401 g/mol. The lowest BCUT2D eigenvalue weighted by Gasteiger charge is -2.32. The molecule has 0 bridgehead atoms. The van der Waals surface area contributed by atoms with E-state index in [-0.39, 0.29) is 29.7 Å². The van der Waals surface area contributed by atoms with Crippen LogP contribution in [0.3, 0.4) is 0 Å². The third-order valence-corrected chi connectivity index (χ3v) is 6.69. The van der Waals surface area contributed by atoms with E-state index < -0.39 is 22.0 Å². The molecule has 0 aromatic heterocycles. The fourth-order valence-electron chi connectivity index (χ4n) is 3.38. The molecule has 0 saturated carbocycles. The Balaban J connectivity index is 1.91. The smallest absolute Gasteiger partial charge is 0.267 e. The molecule has 2 aromatic carbocycles. The van der Waals surface area contributed by atoms with Crippen LogP contribution in [0.2, 0.25) is 0 Å². The van der Waals surface area contributed by atoms with E-state index in [1.54, 1.807) is 23.1 Å². The van der Waals surface area contributed by atoms with Gasteiger partial charge < -0.3 is 4.90 Å². The number of sulfonamides is 1. The second-order valence-corrected chi connectivity index (χ2v) is 8.92. The van der Waals surface area contributed by atoms with Gasteiger partial charge in [0.25, 0.3) is 10.0 Å². The van der Waals surface area contributed by atoms with E-state index in [2.05, 4.69) is 0 Å². The van der Waals surface area contributed by atoms with E-state index in [0.29, 0.717) is 6.54 Å². The summed E-state index contributed by atoms with van der Waals surface area (Å²) < 4.78 is 26.9. The van der Waals surface area contributed by atoms with Gasteiger partial charge in [0.1, 0.15) is 6.04 Å². The van der Waals surface area contributed by atoms with Crippen LogP contribution in [0.5, 0.6) is 0 Å². The van der Waals surface area contributed by atoms with Gasteiger partial charge in [-0.2, -0.15) is 0 Å². The molecule has 1 aliphatic heterocycles. The molecule has 1 atom stereocenters. The average Bonchev–Trinajstić information content (AvgIpc) is 3.09. The van der Waals surface area contributed by atoms with Crippen molar-refractivity contribution < 1.29 is 18.0 Å². The van der Waals surface area contributed by atoms with E-state index in [1.165, 1.54) is 12.1 Å². The van der Waals surface area contributed by atoms with Crippen LogP contribution in [0.1, 0.15) is 32.3 Å². The van der Waals surface area contributed by atoms with Gasteiger partial charge in [0.15, 0.2) is 0 Å². The van der Waals surface area contributed by atoms with Crippen LogP contribution in [0.4, 0.5) is 0 Å². The summed E-state index contributed by atoms with van der Waals surface area (Å²) in [5.74, 6) is -0.880. The van der Waals surface area contributed by atoms with Gasteiger partial charge in [0.2, 0.25) is 11.8 Å². The Labute approximate surface area is 165 Å². The minimum atomic E-state index is -4.08. The molecule has 0 aliphatic carbocycles. The molecule has 0 spiro atoms. The third-order valence-electron chi connectivity index (χ3n) is 4.85. The number of carbonyl (C=O) groups is 2. The minimum Gasteiger partial charge on any atom is -0.334 e. The molecule has 1 heterocycles. The van der Waals surface area contributed by atoms with Gasteiger partial charge >= 0.3 is 0 Å². The first-order valence-corrected chi connectivity index (χ1v) is 10.7. The molecule has 2 aromatic rings. The summed E-state index contributed by atoms with van der Waals surface area (Å²) in [5.41, 5.74) is 0.950. The number of hydrogen-bond donors (Lipinski definition) is 0. The number of hydrogen-bond acceptors (Lipinski definition) is 4. The van der Waals surface area contributed by atoms with Crippen molar-refractivity contribution in [1.29, 1.82) is 0 Å². The number of amides is 2. The standard InChI is InChI=1S/C21H24N2O4S/c1-16(2)22(15-17-9-5-3-6-10-17)21(25)19-13-14-20(24)23(19)28(26,27)18-11-7-4-8-12-18/h3-12,16,19H,13-15H2,1-2H3/t19-/m0/s1. The van der Waals surface area contributed by atoms with Gasteiger partial charge in [0.05, 0.1) is 4.90 Å². The van der Waals surface area contributed by atoms with Crippen LogP contribution in [0.15, 0.2) is 65.6 Å². The van der Waals surface area contributed by atoms with Gasteiger partial charge in [-0.1, -0.05) is 48.5 Å². The Kier molecular flexibility index (Phi) is 5.84. The molecule has 3 rings (SSSR count). The van der Waals surface area contributed by atoms with E-state index in [4.69, 9.17) is 0 Å². The number of nitrogens with zero attached hydrogens (tertiary/aromatic N) is 2. The molecule has 148 valence electrons. The van der Waals surface area contributed by atoms with E-state index in [9.17, 15) is 18.0 Å². The summed E-state index contributed by atoms with van der Waals surface area (Å²) in [4.78, 5) is 27.4. The van der Waals surface area contributed by atoms with Crippen LogP contribution in [-0.2, 0) is 26.2 Å². The van der Waals surface area contributed by atoms with Gasteiger partial charge in [0, 0.05) is 19.0 Å². The van der Waals surface area contributed by atoms with Gasteiger partial charge in [-0.25, -0.2) is 12.7 Å². The Morgan fingerprint density at radius 3 is 2.21 bits per heavy atom. The lowest BCUT2D eigenvalue weighted by molar-refractivity contribution is -0.139. The number of rotatable bonds is 6. The SMILES string of the molecule is CC(C)N(Cc1ccccc1)C(=O)[C@@H]1CCC(=O)N1S(=O)(=O)c1ccccc1. The topological polar surface area (TPSA) is 74.8 Å². The molecule has 0 N–H and O–H groups in total. The van der Waals surface area contributed by atoms with Crippen molar-refractivity contribution in [2.45, 2.75) is 50.2 Å². The van der Waals surface area contributed by atoms with Crippen molar-refractivity contribution in [3.8, 4) is 0 Å². The van der Waals surface area contributed by atoms with Crippen molar-refractivity contribution in [1.82, 2.24) is 9.21 Å². The zero-order valence-electron chi connectivity index (χ0n) is 16.0.